The van der Waals surface area contributed by atoms with E-state index in [4.69, 9.17) is 0 Å². The van der Waals surface area contributed by atoms with Gasteiger partial charge in [-0.2, -0.15) is 9.78 Å². The van der Waals surface area contributed by atoms with Crippen LogP contribution in [0, 0.1) is 20.8 Å². The van der Waals surface area contributed by atoms with Crippen molar-refractivity contribution < 1.29 is 9.59 Å². The molecule has 0 aromatic carbocycles. The van der Waals surface area contributed by atoms with Crippen LogP contribution >= 0.6 is 0 Å². The molecule has 11 heteroatoms. The lowest BCUT2D eigenvalue weighted by Crippen LogP contribution is -2.36. The monoisotopic (exact) mass is 398 g/mol. The number of aryl methyl sites for hydroxylation is 3. The van der Waals surface area contributed by atoms with Crippen LogP contribution < -0.4 is 16.2 Å². The van der Waals surface area contributed by atoms with Crippen molar-refractivity contribution in [2.24, 2.45) is 0 Å². The van der Waals surface area contributed by atoms with Crippen LogP contribution in [-0.2, 0) is 16.1 Å². The van der Waals surface area contributed by atoms with Gasteiger partial charge in [0.25, 0.3) is 5.56 Å². The molecule has 2 amide bonds. The van der Waals surface area contributed by atoms with Crippen LogP contribution in [0.3, 0.4) is 0 Å². The summed E-state index contributed by atoms with van der Waals surface area (Å²) in [5.41, 5.74) is 1.33. The Labute approximate surface area is 166 Å². The Morgan fingerprint density at radius 2 is 2.00 bits per heavy atom. The van der Waals surface area contributed by atoms with Crippen molar-refractivity contribution in [3.05, 3.63) is 52.1 Å². The van der Waals surface area contributed by atoms with Crippen LogP contribution in [0.4, 0.5) is 5.82 Å². The van der Waals surface area contributed by atoms with Gasteiger partial charge in [0, 0.05) is 42.8 Å². The van der Waals surface area contributed by atoms with E-state index in [0.717, 1.165) is 0 Å². The van der Waals surface area contributed by atoms with Crippen LogP contribution in [0.2, 0.25) is 0 Å². The zero-order valence-corrected chi connectivity index (χ0v) is 16.4. The highest BCUT2D eigenvalue weighted by Crippen LogP contribution is 2.14. The van der Waals surface area contributed by atoms with Gasteiger partial charge in [-0.15, -0.1) is 0 Å². The van der Waals surface area contributed by atoms with E-state index in [-0.39, 0.29) is 17.3 Å². The third-order valence-electron chi connectivity index (χ3n) is 4.30. The summed E-state index contributed by atoms with van der Waals surface area (Å²) in [7, 11) is 0. The van der Waals surface area contributed by atoms with Crippen molar-refractivity contribution in [2.75, 3.05) is 11.9 Å². The maximum Gasteiger partial charge on any atom is 0.314 e. The third kappa shape index (κ3) is 4.75. The number of aromatic amines is 1. The van der Waals surface area contributed by atoms with Crippen molar-refractivity contribution in [1.82, 2.24) is 34.6 Å². The molecule has 29 heavy (non-hydrogen) atoms. The van der Waals surface area contributed by atoms with Gasteiger partial charge >= 0.3 is 11.8 Å². The highest BCUT2D eigenvalue weighted by Gasteiger charge is 2.18. The first-order valence-corrected chi connectivity index (χ1v) is 9.04. The molecule has 0 aliphatic heterocycles. The maximum atomic E-state index is 12.2. The lowest BCUT2D eigenvalue weighted by Gasteiger charge is -2.09. The van der Waals surface area contributed by atoms with E-state index < -0.39 is 11.8 Å². The molecule has 0 fully saturated rings. The van der Waals surface area contributed by atoms with Crippen molar-refractivity contribution in [3.8, 4) is 5.95 Å². The van der Waals surface area contributed by atoms with E-state index in [1.807, 2.05) is 10.8 Å². The van der Waals surface area contributed by atoms with Crippen molar-refractivity contribution in [2.45, 2.75) is 33.7 Å². The van der Waals surface area contributed by atoms with Gasteiger partial charge in [-0.3, -0.25) is 19.4 Å². The lowest BCUT2D eigenvalue weighted by molar-refractivity contribution is -0.136. The van der Waals surface area contributed by atoms with Crippen LogP contribution in [0.25, 0.3) is 5.95 Å². The SMILES string of the molecule is Cc1cc(NC(=O)C(=O)NCCCn2ccnc2)n(-c2nc(C)c(C)c(=O)[nH]2)n1. The van der Waals surface area contributed by atoms with Gasteiger partial charge in [-0.25, -0.2) is 9.97 Å². The number of aromatic nitrogens is 6. The number of anilines is 1. The highest BCUT2D eigenvalue weighted by atomic mass is 16.2. The Kier molecular flexibility index (Phi) is 5.86. The zero-order valence-electron chi connectivity index (χ0n) is 16.4. The highest BCUT2D eigenvalue weighted by molar-refractivity contribution is 6.39. The molecule has 0 spiro atoms. The molecule has 0 bridgehead atoms. The fraction of sp³-hybridized carbons (Fsp3) is 0.333. The number of amides is 2. The van der Waals surface area contributed by atoms with Gasteiger partial charge in [0.05, 0.1) is 12.0 Å². The van der Waals surface area contributed by atoms with Crippen LogP contribution in [0.1, 0.15) is 23.4 Å². The molecule has 0 atom stereocenters. The first-order valence-electron chi connectivity index (χ1n) is 9.04. The van der Waals surface area contributed by atoms with Gasteiger partial charge < -0.3 is 15.2 Å². The normalized spacial score (nSPS) is 10.7. The zero-order chi connectivity index (χ0) is 21.0. The van der Waals surface area contributed by atoms with Gasteiger partial charge in [0.15, 0.2) is 0 Å². The predicted octanol–water partition coefficient (Wildman–Crippen LogP) is 0.222. The summed E-state index contributed by atoms with van der Waals surface area (Å²) in [6.07, 6.45) is 5.83. The molecular weight excluding hydrogens is 376 g/mol. The molecule has 3 aromatic rings. The average Bonchev–Trinajstić information content (AvgIpc) is 3.32. The first kappa shape index (κ1) is 20.0. The molecule has 0 unspecified atom stereocenters. The predicted molar refractivity (Wildman–Crippen MR) is 105 cm³/mol. The third-order valence-corrected chi connectivity index (χ3v) is 4.30. The number of hydrogen-bond acceptors (Lipinski definition) is 6. The summed E-state index contributed by atoms with van der Waals surface area (Å²) in [6.45, 7) is 6.12. The van der Waals surface area contributed by atoms with Gasteiger partial charge in [-0.1, -0.05) is 0 Å². The number of rotatable bonds is 6. The van der Waals surface area contributed by atoms with Crippen molar-refractivity contribution >= 4 is 17.6 Å². The average molecular weight is 398 g/mol. The van der Waals surface area contributed by atoms with E-state index in [1.165, 1.54) is 4.68 Å². The van der Waals surface area contributed by atoms with Gasteiger partial charge in [0.2, 0.25) is 5.95 Å². The van der Waals surface area contributed by atoms with E-state index >= 15 is 0 Å². The minimum absolute atomic E-state index is 0.155. The number of imidazole rings is 1. The maximum absolute atomic E-state index is 12.2. The number of H-pyrrole nitrogens is 1. The Bertz CT molecular complexity index is 1080. The summed E-state index contributed by atoms with van der Waals surface area (Å²) >= 11 is 0. The molecule has 0 saturated carbocycles. The molecule has 3 N–H and O–H groups in total. The number of carbonyl (C=O) groups excluding carboxylic acids is 2. The van der Waals surface area contributed by atoms with E-state index in [0.29, 0.717) is 36.5 Å². The number of carbonyl (C=O) groups is 2. The van der Waals surface area contributed by atoms with Crippen LogP contribution in [-0.4, -0.2) is 47.7 Å². The second kappa shape index (κ2) is 8.50. The molecule has 0 aliphatic rings. The smallest absolute Gasteiger partial charge is 0.314 e. The Morgan fingerprint density at radius 3 is 2.69 bits per heavy atom. The second-order valence-corrected chi connectivity index (χ2v) is 6.55. The quantitative estimate of drug-likeness (QED) is 0.401. The molecule has 152 valence electrons. The van der Waals surface area contributed by atoms with E-state index in [9.17, 15) is 14.4 Å². The summed E-state index contributed by atoms with van der Waals surface area (Å²) in [6, 6.07) is 1.58. The van der Waals surface area contributed by atoms with Crippen LogP contribution in [0.15, 0.2) is 29.6 Å². The minimum Gasteiger partial charge on any atom is -0.348 e. The lowest BCUT2D eigenvalue weighted by atomic mass is 10.3. The fourth-order valence-corrected chi connectivity index (χ4v) is 2.62. The molecule has 3 rings (SSSR count). The van der Waals surface area contributed by atoms with Gasteiger partial charge in [0.1, 0.15) is 5.82 Å². The summed E-state index contributed by atoms with van der Waals surface area (Å²) in [5.74, 6) is -1.21. The number of hydrogen-bond donors (Lipinski definition) is 3. The largest absolute Gasteiger partial charge is 0.348 e. The molecular formula is C18H22N8O3. The first-order chi connectivity index (χ1) is 13.8. The summed E-state index contributed by atoms with van der Waals surface area (Å²) < 4.78 is 3.16. The Hall–Kier alpha value is -3.76. The minimum atomic E-state index is -0.833. The molecule has 3 aromatic heterocycles. The summed E-state index contributed by atoms with van der Waals surface area (Å²) in [4.78, 5) is 47.2. The van der Waals surface area contributed by atoms with Crippen molar-refractivity contribution in [3.63, 3.8) is 0 Å². The Morgan fingerprint density at radius 1 is 1.21 bits per heavy atom. The van der Waals surface area contributed by atoms with E-state index in [1.54, 1.807) is 39.4 Å². The molecule has 0 aliphatic carbocycles. The van der Waals surface area contributed by atoms with Crippen LogP contribution in [0.5, 0.6) is 0 Å². The Balaban J connectivity index is 1.64. The molecule has 3 heterocycles. The second-order valence-electron chi connectivity index (χ2n) is 6.55. The molecule has 0 radical (unpaired) electrons. The fourth-order valence-electron chi connectivity index (χ4n) is 2.62. The molecule has 11 nitrogen and oxygen atoms in total. The van der Waals surface area contributed by atoms with Gasteiger partial charge in [-0.05, 0) is 27.2 Å². The number of nitrogens with one attached hydrogen (secondary N) is 3. The van der Waals surface area contributed by atoms with Crippen molar-refractivity contribution in [1.29, 1.82) is 0 Å². The number of nitrogens with zero attached hydrogens (tertiary/aromatic N) is 5. The van der Waals surface area contributed by atoms with E-state index in [2.05, 4.69) is 30.7 Å². The molecule has 0 saturated heterocycles. The topological polar surface area (TPSA) is 140 Å². The summed E-state index contributed by atoms with van der Waals surface area (Å²) in [5, 5.41) is 9.32. The standard InChI is InChI=1S/C18H22N8O3/c1-11-9-14(26(24-11)18-21-13(3)12(2)15(27)23-18)22-17(29)16(28)20-5-4-7-25-8-6-19-10-25/h6,8-10H,4-5,7H2,1-3H3,(H,20,28)(H,22,29)(H,21,23,27).